The Labute approximate surface area is 156 Å². The van der Waals surface area contributed by atoms with E-state index in [1.165, 1.54) is 4.31 Å². The lowest BCUT2D eigenvalue weighted by Gasteiger charge is -2.30. The second kappa shape index (κ2) is 9.89. The van der Waals surface area contributed by atoms with Gasteiger partial charge in [-0.05, 0) is 38.3 Å². The predicted molar refractivity (Wildman–Crippen MR) is 102 cm³/mol. The number of esters is 1. The highest BCUT2D eigenvalue weighted by Gasteiger charge is 2.32. The minimum absolute atomic E-state index is 0.193. The Morgan fingerprint density at radius 3 is 2.77 bits per heavy atom. The molecule has 1 N–H and O–H groups in total. The van der Waals surface area contributed by atoms with Crippen molar-refractivity contribution in [3.63, 3.8) is 0 Å². The summed E-state index contributed by atoms with van der Waals surface area (Å²) >= 11 is 0. The molecule has 1 atom stereocenters. The number of nitrogens with zero attached hydrogens (tertiary/aromatic N) is 2. The molecule has 0 bridgehead atoms. The van der Waals surface area contributed by atoms with Gasteiger partial charge in [0.2, 0.25) is 0 Å². The summed E-state index contributed by atoms with van der Waals surface area (Å²) < 4.78 is 34.0. The Bertz CT molecular complexity index is 666. The Balaban J connectivity index is 1.78. The van der Waals surface area contributed by atoms with Crippen molar-refractivity contribution >= 4 is 21.9 Å². The molecule has 1 unspecified atom stereocenters. The first kappa shape index (κ1) is 20.7. The second-order valence-corrected chi connectivity index (χ2v) is 8.21. The van der Waals surface area contributed by atoms with Gasteiger partial charge in [-0.3, -0.25) is 4.79 Å². The monoisotopic (exact) mass is 383 g/mol. The van der Waals surface area contributed by atoms with Gasteiger partial charge in [-0.2, -0.15) is 12.7 Å². The van der Waals surface area contributed by atoms with Gasteiger partial charge in [-0.1, -0.05) is 18.2 Å². The topological polar surface area (TPSA) is 78.9 Å². The lowest BCUT2D eigenvalue weighted by molar-refractivity contribution is -0.149. The fraction of sp³-hybridized carbons (Fsp3) is 0.611. The van der Waals surface area contributed by atoms with E-state index in [4.69, 9.17) is 4.74 Å². The molecule has 7 nitrogen and oxygen atoms in total. The van der Waals surface area contributed by atoms with Crippen LogP contribution in [-0.2, 0) is 19.7 Å². The highest BCUT2D eigenvalue weighted by molar-refractivity contribution is 7.87. The van der Waals surface area contributed by atoms with Crippen LogP contribution in [0.25, 0.3) is 0 Å². The molecule has 26 heavy (non-hydrogen) atoms. The zero-order valence-electron chi connectivity index (χ0n) is 15.6. The van der Waals surface area contributed by atoms with Crippen molar-refractivity contribution in [1.29, 1.82) is 0 Å². The molecule has 1 aromatic rings. The molecule has 0 amide bonds. The summed E-state index contributed by atoms with van der Waals surface area (Å²) in [5.41, 5.74) is 1.10. The van der Waals surface area contributed by atoms with Crippen LogP contribution in [-0.4, -0.2) is 58.5 Å². The summed E-state index contributed by atoms with van der Waals surface area (Å²) in [6, 6.07) is 9.96. The Kier molecular flexibility index (Phi) is 7.86. The van der Waals surface area contributed by atoms with E-state index in [2.05, 4.69) is 9.62 Å². The summed E-state index contributed by atoms with van der Waals surface area (Å²) in [5, 5.41) is 0. The maximum absolute atomic E-state index is 12.5. The molecular formula is C18H29N3O4S. The van der Waals surface area contributed by atoms with E-state index < -0.39 is 10.2 Å². The number of piperidine rings is 1. The fourth-order valence-corrected chi connectivity index (χ4v) is 4.36. The SMILES string of the molecule is CCOC(=O)C1CCCN(S(=O)(=O)NCCCN(C)c2ccccc2)C1. The molecule has 0 saturated carbocycles. The molecule has 1 fully saturated rings. The van der Waals surface area contributed by atoms with Gasteiger partial charge < -0.3 is 9.64 Å². The van der Waals surface area contributed by atoms with Gasteiger partial charge in [0.15, 0.2) is 0 Å². The van der Waals surface area contributed by atoms with Crippen LogP contribution in [0, 0.1) is 5.92 Å². The number of ether oxygens (including phenoxy) is 1. The lowest BCUT2D eigenvalue weighted by Crippen LogP contribution is -2.48. The number of carbonyl (C=O) groups excluding carboxylic acids is 1. The lowest BCUT2D eigenvalue weighted by atomic mass is 10.0. The molecule has 0 spiro atoms. The summed E-state index contributed by atoms with van der Waals surface area (Å²) in [6.07, 6.45) is 2.04. The quantitative estimate of drug-likeness (QED) is 0.518. The van der Waals surface area contributed by atoms with Crippen LogP contribution in [0.4, 0.5) is 5.69 Å². The van der Waals surface area contributed by atoms with Crippen LogP contribution in [0.3, 0.4) is 0 Å². The molecule has 0 aromatic heterocycles. The minimum atomic E-state index is -3.57. The van der Waals surface area contributed by atoms with Gasteiger partial charge in [0.25, 0.3) is 10.2 Å². The molecule has 1 saturated heterocycles. The zero-order valence-corrected chi connectivity index (χ0v) is 16.4. The Morgan fingerprint density at radius 1 is 1.35 bits per heavy atom. The van der Waals surface area contributed by atoms with Gasteiger partial charge in [0.05, 0.1) is 12.5 Å². The van der Waals surface area contributed by atoms with Crippen LogP contribution in [0.1, 0.15) is 26.2 Å². The molecule has 1 aliphatic rings. The van der Waals surface area contributed by atoms with Crippen molar-refractivity contribution in [2.75, 3.05) is 44.7 Å². The van der Waals surface area contributed by atoms with E-state index in [-0.39, 0.29) is 18.4 Å². The van der Waals surface area contributed by atoms with E-state index in [1.54, 1.807) is 6.92 Å². The highest BCUT2D eigenvalue weighted by atomic mass is 32.2. The van der Waals surface area contributed by atoms with Crippen molar-refractivity contribution in [3.8, 4) is 0 Å². The molecular weight excluding hydrogens is 354 g/mol. The third-order valence-electron chi connectivity index (χ3n) is 4.50. The van der Waals surface area contributed by atoms with E-state index in [0.29, 0.717) is 39.0 Å². The number of anilines is 1. The van der Waals surface area contributed by atoms with Crippen molar-refractivity contribution in [3.05, 3.63) is 30.3 Å². The highest BCUT2D eigenvalue weighted by Crippen LogP contribution is 2.20. The van der Waals surface area contributed by atoms with Crippen molar-refractivity contribution in [2.45, 2.75) is 26.2 Å². The van der Waals surface area contributed by atoms with Gasteiger partial charge in [-0.15, -0.1) is 0 Å². The first-order valence-corrected chi connectivity index (χ1v) is 10.6. The minimum Gasteiger partial charge on any atom is -0.466 e. The summed E-state index contributed by atoms with van der Waals surface area (Å²) in [6.45, 7) is 3.81. The van der Waals surface area contributed by atoms with E-state index in [1.807, 2.05) is 37.4 Å². The van der Waals surface area contributed by atoms with Gasteiger partial charge in [-0.25, -0.2) is 4.72 Å². The first-order valence-electron chi connectivity index (χ1n) is 9.11. The molecule has 0 aliphatic carbocycles. The first-order chi connectivity index (χ1) is 12.4. The number of benzene rings is 1. The Hall–Kier alpha value is -1.64. The number of rotatable bonds is 9. The Morgan fingerprint density at radius 2 is 2.08 bits per heavy atom. The van der Waals surface area contributed by atoms with Crippen LogP contribution in [0.5, 0.6) is 0 Å². The van der Waals surface area contributed by atoms with Crippen molar-refractivity contribution < 1.29 is 17.9 Å². The molecule has 8 heteroatoms. The number of hydrogen-bond donors (Lipinski definition) is 1. The zero-order chi connectivity index (χ0) is 19.0. The standard InChI is InChI=1S/C18H29N3O4S/c1-3-25-18(22)16-9-7-14-21(15-16)26(23,24)19-12-8-13-20(2)17-10-5-4-6-11-17/h4-6,10-11,16,19H,3,7-9,12-15H2,1-2H3. The average Bonchev–Trinajstić information content (AvgIpc) is 2.66. The predicted octanol–water partition coefficient (Wildman–Crippen LogP) is 1.62. The molecule has 2 rings (SSSR count). The molecule has 1 heterocycles. The number of carbonyl (C=O) groups is 1. The summed E-state index contributed by atoms with van der Waals surface area (Å²) in [5.74, 6) is -0.679. The number of para-hydroxylation sites is 1. The van der Waals surface area contributed by atoms with Gasteiger partial charge in [0.1, 0.15) is 0 Å². The molecule has 1 aromatic carbocycles. The maximum Gasteiger partial charge on any atom is 0.310 e. The maximum atomic E-state index is 12.5. The number of hydrogen-bond acceptors (Lipinski definition) is 5. The van der Waals surface area contributed by atoms with Gasteiger partial charge in [0, 0.05) is 38.9 Å². The third-order valence-corrected chi connectivity index (χ3v) is 6.08. The van der Waals surface area contributed by atoms with E-state index in [0.717, 1.165) is 12.2 Å². The van der Waals surface area contributed by atoms with Crippen LogP contribution < -0.4 is 9.62 Å². The third kappa shape index (κ3) is 5.96. The largest absolute Gasteiger partial charge is 0.466 e. The molecule has 1 aliphatic heterocycles. The summed E-state index contributed by atoms with van der Waals surface area (Å²) in [7, 11) is -1.59. The molecule has 0 radical (unpaired) electrons. The second-order valence-electron chi connectivity index (χ2n) is 6.46. The smallest absolute Gasteiger partial charge is 0.310 e. The van der Waals surface area contributed by atoms with Crippen molar-refractivity contribution in [1.82, 2.24) is 9.03 Å². The van der Waals surface area contributed by atoms with Crippen molar-refractivity contribution in [2.24, 2.45) is 5.92 Å². The fourth-order valence-electron chi connectivity index (χ4n) is 3.03. The molecule has 146 valence electrons. The van der Waals surface area contributed by atoms with Crippen LogP contribution in [0.2, 0.25) is 0 Å². The van der Waals surface area contributed by atoms with Crippen LogP contribution in [0.15, 0.2) is 30.3 Å². The number of nitrogens with one attached hydrogen (secondary N) is 1. The summed E-state index contributed by atoms with van der Waals surface area (Å²) in [4.78, 5) is 14.0. The average molecular weight is 384 g/mol. The normalized spacial score (nSPS) is 18.5. The van der Waals surface area contributed by atoms with E-state index >= 15 is 0 Å². The van der Waals surface area contributed by atoms with E-state index in [9.17, 15) is 13.2 Å². The van der Waals surface area contributed by atoms with Crippen LogP contribution >= 0.6 is 0 Å². The van der Waals surface area contributed by atoms with Gasteiger partial charge >= 0.3 is 5.97 Å².